The Hall–Kier alpha value is -1.32. The van der Waals surface area contributed by atoms with Crippen LogP contribution >= 0.6 is 23.4 Å². The van der Waals surface area contributed by atoms with Gasteiger partial charge in [-0.2, -0.15) is 0 Å². The highest BCUT2D eigenvalue weighted by Gasteiger charge is 2.06. The molecule has 20 heavy (non-hydrogen) atoms. The number of carbonyl (C=O) groups excluding carboxylic acids is 1. The van der Waals surface area contributed by atoms with Crippen LogP contribution < -0.4 is 0 Å². The molecule has 1 aromatic heterocycles. The van der Waals surface area contributed by atoms with Crippen LogP contribution in [0.3, 0.4) is 0 Å². The van der Waals surface area contributed by atoms with Gasteiger partial charge in [-0.25, -0.2) is 0 Å². The first-order valence-electron chi connectivity index (χ1n) is 6.51. The van der Waals surface area contributed by atoms with Crippen LogP contribution in [0.4, 0.5) is 0 Å². The molecular formula is C16H16ClNOS. The van der Waals surface area contributed by atoms with Crippen LogP contribution in [-0.4, -0.2) is 16.5 Å². The normalized spacial score (nSPS) is 10.5. The second-order valence-corrected chi connectivity index (χ2v) is 5.96. The van der Waals surface area contributed by atoms with Crippen molar-refractivity contribution < 1.29 is 4.79 Å². The number of aromatic nitrogens is 1. The highest BCUT2D eigenvalue weighted by molar-refractivity contribution is 8.00. The number of benzene rings is 1. The van der Waals surface area contributed by atoms with Gasteiger partial charge in [0.1, 0.15) is 5.78 Å². The van der Waals surface area contributed by atoms with Crippen molar-refractivity contribution >= 4 is 29.1 Å². The summed E-state index contributed by atoms with van der Waals surface area (Å²) in [7, 11) is 0. The number of nitrogens with zero attached hydrogens (tertiary/aromatic N) is 1. The maximum Gasteiger partial charge on any atom is 0.149 e. The monoisotopic (exact) mass is 305 g/mol. The predicted octanol–water partition coefficient (Wildman–Crippen LogP) is 4.20. The average Bonchev–Trinajstić information content (AvgIpc) is 2.46. The minimum atomic E-state index is 0.173. The van der Waals surface area contributed by atoms with Crippen molar-refractivity contribution in [2.24, 2.45) is 0 Å². The van der Waals surface area contributed by atoms with E-state index in [4.69, 9.17) is 11.6 Å². The van der Waals surface area contributed by atoms with E-state index < -0.39 is 0 Å². The van der Waals surface area contributed by atoms with Crippen molar-refractivity contribution in [2.45, 2.75) is 24.7 Å². The molecule has 4 heteroatoms. The van der Waals surface area contributed by atoms with E-state index in [1.54, 1.807) is 0 Å². The van der Waals surface area contributed by atoms with E-state index in [2.05, 4.69) is 11.9 Å². The van der Waals surface area contributed by atoms with Crippen molar-refractivity contribution in [2.75, 3.05) is 5.75 Å². The van der Waals surface area contributed by atoms with E-state index in [1.807, 2.05) is 42.6 Å². The Bertz CT molecular complexity index is 583. The molecule has 2 aromatic rings. The van der Waals surface area contributed by atoms with Crippen molar-refractivity contribution in [3.8, 4) is 0 Å². The molecule has 0 spiro atoms. The number of ketones is 1. The molecule has 0 amide bonds. The third-order valence-electron chi connectivity index (χ3n) is 2.87. The van der Waals surface area contributed by atoms with Crippen LogP contribution in [-0.2, 0) is 17.6 Å². The van der Waals surface area contributed by atoms with Gasteiger partial charge >= 0.3 is 0 Å². The van der Waals surface area contributed by atoms with E-state index in [9.17, 15) is 4.79 Å². The van der Waals surface area contributed by atoms with Crippen LogP contribution in [0.15, 0.2) is 47.5 Å². The molecule has 0 saturated heterocycles. The highest BCUT2D eigenvalue weighted by Crippen LogP contribution is 2.21. The Morgan fingerprint density at radius 1 is 1.30 bits per heavy atom. The molecule has 0 N–H and O–H groups in total. The summed E-state index contributed by atoms with van der Waals surface area (Å²) in [5, 5.41) is 0.694. The fourth-order valence-corrected chi connectivity index (χ4v) is 2.81. The quantitative estimate of drug-likeness (QED) is 0.749. The van der Waals surface area contributed by atoms with Crippen LogP contribution in [0.2, 0.25) is 5.02 Å². The first-order chi connectivity index (χ1) is 9.67. The molecular weight excluding hydrogens is 290 g/mol. The van der Waals surface area contributed by atoms with Gasteiger partial charge in [0.05, 0.1) is 5.75 Å². The topological polar surface area (TPSA) is 30.0 Å². The summed E-state index contributed by atoms with van der Waals surface area (Å²) in [6.45, 7) is 2.09. The molecule has 104 valence electrons. The summed E-state index contributed by atoms with van der Waals surface area (Å²) in [6.07, 6.45) is 3.19. The number of carbonyl (C=O) groups is 1. The van der Waals surface area contributed by atoms with Gasteiger partial charge in [0.25, 0.3) is 0 Å². The van der Waals surface area contributed by atoms with Crippen molar-refractivity contribution in [1.29, 1.82) is 0 Å². The van der Waals surface area contributed by atoms with Gasteiger partial charge in [-0.3, -0.25) is 9.78 Å². The maximum absolute atomic E-state index is 11.9. The van der Waals surface area contributed by atoms with Gasteiger partial charge < -0.3 is 0 Å². The zero-order chi connectivity index (χ0) is 14.4. The summed E-state index contributed by atoms with van der Waals surface area (Å²) in [4.78, 5) is 17.3. The average molecular weight is 306 g/mol. The second-order valence-electron chi connectivity index (χ2n) is 4.47. The van der Waals surface area contributed by atoms with Gasteiger partial charge in [0.15, 0.2) is 0 Å². The summed E-state index contributed by atoms with van der Waals surface area (Å²) in [5.74, 6) is 0.615. The van der Waals surface area contributed by atoms with Gasteiger partial charge in [-0.1, -0.05) is 30.7 Å². The number of hydrogen-bond donors (Lipinski definition) is 0. The number of halogens is 1. The lowest BCUT2D eigenvalue weighted by molar-refractivity contribution is -0.116. The number of Topliss-reactive ketones (excluding diaryl/α,β-unsaturated/α-hetero) is 1. The van der Waals surface area contributed by atoms with E-state index >= 15 is 0 Å². The van der Waals surface area contributed by atoms with Gasteiger partial charge in [-0.15, -0.1) is 11.8 Å². The van der Waals surface area contributed by atoms with Crippen molar-refractivity contribution in [3.05, 3.63) is 58.9 Å². The van der Waals surface area contributed by atoms with E-state index in [0.717, 1.165) is 17.0 Å². The molecule has 1 heterocycles. The summed E-state index contributed by atoms with van der Waals surface area (Å²) in [5.41, 5.74) is 2.02. The minimum absolute atomic E-state index is 0.173. The molecule has 0 saturated carbocycles. The largest absolute Gasteiger partial charge is 0.298 e. The van der Waals surface area contributed by atoms with Gasteiger partial charge in [-0.05, 0) is 36.2 Å². The minimum Gasteiger partial charge on any atom is -0.298 e. The van der Waals surface area contributed by atoms with E-state index in [0.29, 0.717) is 17.2 Å². The van der Waals surface area contributed by atoms with Crippen LogP contribution in [0, 0.1) is 0 Å². The van der Waals surface area contributed by atoms with Crippen molar-refractivity contribution in [3.63, 3.8) is 0 Å². The number of hydrogen-bond acceptors (Lipinski definition) is 3. The summed E-state index contributed by atoms with van der Waals surface area (Å²) >= 11 is 7.42. The Balaban J connectivity index is 1.85. The zero-order valence-corrected chi connectivity index (χ0v) is 12.9. The van der Waals surface area contributed by atoms with Crippen LogP contribution in [0.5, 0.6) is 0 Å². The van der Waals surface area contributed by atoms with Crippen LogP contribution in [0.25, 0.3) is 0 Å². The fourth-order valence-electron chi connectivity index (χ4n) is 1.74. The Labute approximate surface area is 128 Å². The lowest BCUT2D eigenvalue weighted by atomic mass is 10.1. The van der Waals surface area contributed by atoms with E-state index in [-0.39, 0.29) is 5.78 Å². The molecule has 0 aliphatic rings. The third kappa shape index (κ3) is 4.66. The predicted molar refractivity (Wildman–Crippen MR) is 84.5 cm³/mol. The molecule has 2 nitrogen and oxygen atoms in total. The lowest BCUT2D eigenvalue weighted by Crippen LogP contribution is -2.07. The first-order valence-corrected chi connectivity index (χ1v) is 7.87. The molecule has 1 aromatic carbocycles. The third-order valence-corrected chi connectivity index (χ3v) is 4.16. The molecule has 0 bridgehead atoms. The maximum atomic E-state index is 11.9. The summed E-state index contributed by atoms with van der Waals surface area (Å²) in [6, 6.07) is 11.5. The van der Waals surface area contributed by atoms with Gasteiger partial charge in [0.2, 0.25) is 0 Å². The molecule has 2 rings (SSSR count). The Morgan fingerprint density at radius 2 is 2.15 bits per heavy atom. The van der Waals surface area contributed by atoms with Crippen LogP contribution in [0.1, 0.15) is 18.2 Å². The molecule has 0 unspecified atom stereocenters. The number of thioether (sulfide) groups is 1. The van der Waals surface area contributed by atoms with Crippen molar-refractivity contribution in [1.82, 2.24) is 4.98 Å². The fraction of sp³-hybridized carbons (Fsp3) is 0.250. The second kappa shape index (κ2) is 7.46. The number of aryl methyl sites for hydroxylation is 1. The molecule has 0 atom stereocenters. The SMILES string of the molecule is CCc1ccc(CC(=O)CSc2cccc(Cl)c2)nc1. The van der Waals surface area contributed by atoms with Gasteiger partial charge in [0, 0.05) is 28.2 Å². The zero-order valence-electron chi connectivity index (χ0n) is 11.3. The Morgan fingerprint density at radius 3 is 2.80 bits per heavy atom. The summed E-state index contributed by atoms with van der Waals surface area (Å²) < 4.78 is 0. The molecule has 0 aliphatic carbocycles. The standard InChI is InChI=1S/C16H16ClNOS/c1-2-12-6-7-14(18-10-12)9-15(19)11-20-16-5-3-4-13(17)8-16/h3-8,10H,2,9,11H2,1H3. The highest BCUT2D eigenvalue weighted by atomic mass is 35.5. The number of pyridine rings is 1. The van der Waals surface area contributed by atoms with E-state index in [1.165, 1.54) is 17.3 Å². The Kier molecular flexibility index (Phi) is 5.62. The smallest absolute Gasteiger partial charge is 0.149 e. The number of rotatable bonds is 6. The molecule has 0 aliphatic heterocycles. The molecule has 0 radical (unpaired) electrons. The molecule has 0 fully saturated rings. The first kappa shape index (κ1) is 15.1. The lowest BCUT2D eigenvalue weighted by Gasteiger charge is -2.03.